The van der Waals surface area contributed by atoms with E-state index in [-0.39, 0.29) is 16.2 Å². The van der Waals surface area contributed by atoms with Crippen molar-refractivity contribution in [1.82, 2.24) is 0 Å². The van der Waals surface area contributed by atoms with Crippen LogP contribution in [0.1, 0.15) is 73.6 Å². The van der Waals surface area contributed by atoms with E-state index in [9.17, 15) is 5.21 Å². The van der Waals surface area contributed by atoms with Crippen LogP contribution in [0, 0.1) is 22.5 Å². The molecule has 0 amide bonds. The van der Waals surface area contributed by atoms with Gasteiger partial charge in [-0.2, -0.15) is 0 Å². The fraction of sp³-hybridized carbons (Fsp3) is 0.800. The Balaban J connectivity index is 2.42. The monoisotopic (exact) mass is 321 g/mol. The first-order valence-electron chi connectivity index (χ1n) is 9.13. The normalized spacial score (nSPS) is 37.1. The van der Waals surface area contributed by atoms with Crippen molar-refractivity contribution in [3.8, 4) is 0 Å². The zero-order valence-corrected chi connectivity index (χ0v) is 16.1. The van der Waals surface area contributed by atoms with Crippen LogP contribution >= 0.6 is 0 Å². The maximum Gasteiger partial charge on any atom is 0.128 e. The highest BCUT2D eigenvalue weighted by Gasteiger charge is 2.55. The summed E-state index contributed by atoms with van der Waals surface area (Å²) in [7, 11) is 1.53. The van der Waals surface area contributed by atoms with E-state index in [4.69, 9.17) is 4.84 Å². The van der Waals surface area contributed by atoms with Crippen molar-refractivity contribution in [2.45, 2.75) is 79.2 Å². The lowest BCUT2D eigenvalue weighted by Gasteiger charge is -2.56. The van der Waals surface area contributed by atoms with Crippen molar-refractivity contribution in [2.24, 2.45) is 17.3 Å². The summed E-state index contributed by atoms with van der Waals surface area (Å²) in [5, 5.41) is 12.5. The molecule has 0 aromatic carbocycles. The molecule has 0 saturated heterocycles. The molecule has 2 rings (SSSR count). The molecule has 0 aliphatic heterocycles. The third-order valence-corrected chi connectivity index (χ3v) is 6.94. The molecule has 3 nitrogen and oxygen atoms in total. The summed E-state index contributed by atoms with van der Waals surface area (Å²) in [5.41, 5.74) is 4.26. The lowest BCUT2D eigenvalue weighted by atomic mass is 9.52. The van der Waals surface area contributed by atoms with E-state index in [0.717, 1.165) is 25.7 Å². The van der Waals surface area contributed by atoms with Crippen molar-refractivity contribution < 1.29 is 10.1 Å². The van der Waals surface area contributed by atoms with Crippen LogP contribution in [0.15, 0.2) is 22.8 Å². The fourth-order valence-electron chi connectivity index (χ4n) is 4.91. The minimum Gasteiger partial charge on any atom is -0.599 e. The van der Waals surface area contributed by atoms with Gasteiger partial charge in [0.25, 0.3) is 0 Å². The minimum absolute atomic E-state index is 0.0152. The minimum atomic E-state index is -0.328. The molecule has 4 unspecified atom stereocenters. The topological polar surface area (TPSA) is 36.7 Å². The molecule has 0 radical (unpaired) electrons. The van der Waals surface area contributed by atoms with Crippen LogP contribution in [0.2, 0.25) is 0 Å². The third kappa shape index (κ3) is 3.16. The van der Waals surface area contributed by atoms with Gasteiger partial charge in [-0.3, -0.25) is 0 Å². The molecule has 1 saturated carbocycles. The van der Waals surface area contributed by atoms with Crippen LogP contribution < -0.4 is 5.23 Å². The summed E-state index contributed by atoms with van der Waals surface area (Å²) in [5.74, 6) is 0.986. The first-order valence-corrected chi connectivity index (χ1v) is 9.13. The Hall–Kier alpha value is -0.640. The summed E-state index contributed by atoms with van der Waals surface area (Å²) < 4.78 is 0. The van der Waals surface area contributed by atoms with Crippen LogP contribution in [0.5, 0.6) is 0 Å². The van der Waals surface area contributed by atoms with Crippen molar-refractivity contribution in [1.29, 1.82) is 0 Å². The number of hydroxylamine groups is 2. The SMILES string of the molecule is CO[NH+]([O-])C1(C)CCCC2(C)C(C)=C(/C=C(\C)C(C)C)CCC21. The zero-order valence-electron chi connectivity index (χ0n) is 16.1. The van der Waals surface area contributed by atoms with Crippen LogP contribution in [0.4, 0.5) is 0 Å². The number of allylic oxidation sites excluding steroid dienone is 4. The molecular formula is C20H35NO2. The Morgan fingerprint density at radius 1 is 1.35 bits per heavy atom. The third-order valence-electron chi connectivity index (χ3n) is 6.94. The van der Waals surface area contributed by atoms with Crippen molar-refractivity contribution in [2.75, 3.05) is 7.11 Å². The van der Waals surface area contributed by atoms with Crippen LogP contribution in [0.25, 0.3) is 0 Å². The number of fused-ring (bicyclic) bond motifs is 1. The number of hydrogen-bond donors (Lipinski definition) is 1. The molecule has 0 aromatic rings. The van der Waals surface area contributed by atoms with Gasteiger partial charge in [0, 0.05) is 12.3 Å². The Labute approximate surface area is 142 Å². The fourth-order valence-corrected chi connectivity index (χ4v) is 4.91. The van der Waals surface area contributed by atoms with Gasteiger partial charge in [-0.1, -0.05) is 38.0 Å². The summed E-state index contributed by atoms with van der Waals surface area (Å²) in [4.78, 5) is 5.18. The first kappa shape index (κ1) is 18.7. The number of quaternary nitrogens is 1. The van der Waals surface area contributed by atoms with E-state index in [2.05, 4.69) is 47.6 Å². The molecule has 0 spiro atoms. The van der Waals surface area contributed by atoms with E-state index >= 15 is 0 Å². The molecule has 1 fully saturated rings. The Morgan fingerprint density at radius 3 is 2.57 bits per heavy atom. The lowest BCUT2D eigenvalue weighted by molar-refractivity contribution is -1.09. The van der Waals surface area contributed by atoms with Crippen molar-refractivity contribution in [3.05, 3.63) is 28.0 Å². The largest absolute Gasteiger partial charge is 0.599 e. The highest BCUT2D eigenvalue weighted by Crippen LogP contribution is 2.55. The highest BCUT2D eigenvalue weighted by molar-refractivity contribution is 5.35. The number of rotatable bonds is 4. The number of nitrogens with one attached hydrogen (secondary N) is 1. The second-order valence-electron chi connectivity index (χ2n) is 8.46. The second-order valence-corrected chi connectivity index (χ2v) is 8.46. The van der Waals surface area contributed by atoms with Crippen LogP contribution in [-0.2, 0) is 4.84 Å². The van der Waals surface area contributed by atoms with E-state index in [1.165, 1.54) is 30.2 Å². The standard InChI is InChI=1S/C20H35NO2/c1-14(2)15(3)13-17-9-10-18-19(5,16(17)4)11-8-12-20(18,6)21(22)23-7/h13-14,18,21H,8-12H2,1-7H3/b15-13+. The molecule has 3 heteroatoms. The van der Waals surface area contributed by atoms with Crippen LogP contribution in [-0.4, -0.2) is 12.6 Å². The molecule has 2 aliphatic carbocycles. The van der Waals surface area contributed by atoms with Gasteiger partial charge in [-0.15, -0.1) is 0 Å². The van der Waals surface area contributed by atoms with E-state index in [1.54, 1.807) is 0 Å². The lowest BCUT2D eigenvalue weighted by Crippen LogP contribution is -3.16. The Morgan fingerprint density at radius 2 is 2.00 bits per heavy atom. The van der Waals surface area contributed by atoms with Gasteiger partial charge in [0.05, 0.1) is 7.11 Å². The van der Waals surface area contributed by atoms with E-state index in [0.29, 0.717) is 11.8 Å². The van der Waals surface area contributed by atoms with Crippen molar-refractivity contribution >= 4 is 0 Å². The first-order chi connectivity index (χ1) is 10.7. The molecule has 0 aromatic heterocycles. The smallest absolute Gasteiger partial charge is 0.128 e. The highest BCUT2D eigenvalue weighted by atomic mass is 16.9. The van der Waals surface area contributed by atoms with Gasteiger partial charge in [0.2, 0.25) is 0 Å². The maximum absolute atomic E-state index is 12.5. The summed E-state index contributed by atoms with van der Waals surface area (Å²) >= 11 is 0. The van der Waals surface area contributed by atoms with E-state index < -0.39 is 0 Å². The molecule has 0 bridgehead atoms. The average Bonchev–Trinajstić information content (AvgIpc) is 2.50. The molecule has 132 valence electrons. The second kappa shape index (κ2) is 6.70. The number of hydrogen-bond acceptors (Lipinski definition) is 2. The van der Waals surface area contributed by atoms with Gasteiger partial charge < -0.3 is 5.21 Å². The zero-order chi connectivity index (χ0) is 17.4. The molecular weight excluding hydrogens is 286 g/mol. The summed E-state index contributed by atoms with van der Waals surface area (Å²) in [6.07, 6.45) is 7.85. The molecule has 0 heterocycles. The van der Waals surface area contributed by atoms with Crippen LogP contribution in [0.3, 0.4) is 0 Å². The predicted molar refractivity (Wildman–Crippen MR) is 95.7 cm³/mol. The Kier molecular flexibility index (Phi) is 5.44. The summed E-state index contributed by atoms with van der Waals surface area (Å²) in [6.45, 7) is 13.6. The molecule has 2 aliphatic rings. The predicted octanol–water partition coefficient (Wildman–Crippen LogP) is 4.21. The van der Waals surface area contributed by atoms with Gasteiger partial charge >= 0.3 is 0 Å². The molecule has 23 heavy (non-hydrogen) atoms. The maximum atomic E-state index is 12.5. The van der Waals surface area contributed by atoms with Gasteiger partial charge in [0.15, 0.2) is 0 Å². The molecule has 1 N–H and O–H groups in total. The van der Waals surface area contributed by atoms with E-state index in [1.807, 2.05) is 0 Å². The quantitative estimate of drug-likeness (QED) is 0.788. The van der Waals surface area contributed by atoms with Crippen molar-refractivity contribution in [3.63, 3.8) is 0 Å². The van der Waals surface area contributed by atoms with Gasteiger partial charge in [-0.25, -0.2) is 10.1 Å². The average molecular weight is 322 g/mol. The molecule has 4 atom stereocenters. The van der Waals surface area contributed by atoms with Gasteiger partial charge in [-0.05, 0) is 63.4 Å². The summed E-state index contributed by atoms with van der Waals surface area (Å²) in [6, 6.07) is 0. The van der Waals surface area contributed by atoms with Gasteiger partial charge in [0.1, 0.15) is 5.54 Å². The Bertz CT molecular complexity index is 508.